The molecule has 11 heteroatoms. The Morgan fingerprint density at radius 2 is 1.98 bits per heavy atom. The normalized spacial score (nSPS) is 21.4. The summed E-state index contributed by atoms with van der Waals surface area (Å²) >= 11 is 14.5. The Morgan fingerprint density at radius 1 is 1.17 bits per heavy atom. The molecule has 1 fully saturated rings. The number of hydrogen-bond acceptors (Lipinski definition) is 8. The van der Waals surface area contributed by atoms with E-state index in [2.05, 4.69) is 33.2 Å². The molecule has 3 N–H and O–H groups in total. The van der Waals surface area contributed by atoms with E-state index in [0.717, 1.165) is 69.5 Å². The minimum absolute atomic E-state index is 0.273. The van der Waals surface area contributed by atoms with Crippen molar-refractivity contribution in [2.45, 2.75) is 51.9 Å². The van der Waals surface area contributed by atoms with Crippen LogP contribution in [0.15, 0.2) is 54.0 Å². The summed E-state index contributed by atoms with van der Waals surface area (Å²) in [5.41, 5.74) is 3.43. The van der Waals surface area contributed by atoms with Gasteiger partial charge in [0, 0.05) is 64.6 Å². The fourth-order valence-electron chi connectivity index (χ4n) is 6.02. The van der Waals surface area contributed by atoms with E-state index in [1.54, 1.807) is 33.5 Å². The van der Waals surface area contributed by atoms with Crippen LogP contribution in [0, 0.1) is 16.7 Å². The topological polar surface area (TPSA) is 101 Å². The molecular weight excluding hydrogens is 579 g/mol. The second-order valence-corrected chi connectivity index (χ2v) is 12.9. The average Bonchev–Trinajstić information content (AvgIpc) is 3.57. The van der Waals surface area contributed by atoms with Crippen LogP contribution in [0.3, 0.4) is 0 Å². The van der Waals surface area contributed by atoms with Gasteiger partial charge >= 0.3 is 0 Å². The quantitative estimate of drug-likeness (QED) is 0.248. The minimum atomic E-state index is -1.10. The van der Waals surface area contributed by atoms with Gasteiger partial charge in [-0.15, -0.1) is 11.3 Å². The number of benzene rings is 1. The van der Waals surface area contributed by atoms with Crippen molar-refractivity contribution < 1.29 is 10.2 Å². The van der Waals surface area contributed by atoms with E-state index in [4.69, 9.17) is 23.2 Å². The standard InChI is InChI=1S/C30H32Cl2N6O2S/c1-2-10-36-16-24(32)28(39)38(29(36)40)15-21-14-25-27(41-21)22(3-7-35-25)23-13-20(31)12-19-4-11-37(26(19)23)18-30(17-33)5-8-34-9-6-30/h3-4,7,11-14,16,28-29,34,39-40H,2,5-6,8-10,15,18H2,1H3. The van der Waals surface area contributed by atoms with Crippen LogP contribution < -0.4 is 5.32 Å². The van der Waals surface area contributed by atoms with Crippen LogP contribution >= 0.6 is 34.5 Å². The highest BCUT2D eigenvalue weighted by Gasteiger charge is 2.35. The summed E-state index contributed by atoms with van der Waals surface area (Å²) in [5.74, 6) is 0. The first-order valence-electron chi connectivity index (χ1n) is 13.9. The van der Waals surface area contributed by atoms with Gasteiger partial charge in [-0.1, -0.05) is 30.1 Å². The summed E-state index contributed by atoms with van der Waals surface area (Å²) in [6.07, 6.45) is 5.82. The number of thiophene rings is 1. The van der Waals surface area contributed by atoms with Crippen molar-refractivity contribution in [3.05, 3.63) is 63.9 Å². The lowest BCUT2D eigenvalue weighted by Crippen LogP contribution is -2.54. The van der Waals surface area contributed by atoms with Gasteiger partial charge in [-0.05, 0) is 62.7 Å². The maximum Gasteiger partial charge on any atom is 0.188 e. The summed E-state index contributed by atoms with van der Waals surface area (Å²) < 4.78 is 3.19. The number of pyridine rings is 1. The van der Waals surface area contributed by atoms with Gasteiger partial charge < -0.3 is 25.0 Å². The Balaban J connectivity index is 1.40. The molecule has 2 atom stereocenters. The molecule has 6 rings (SSSR count). The number of aliphatic hydroxyl groups is 2. The van der Waals surface area contributed by atoms with E-state index in [9.17, 15) is 15.5 Å². The summed E-state index contributed by atoms with van der Waals surface area (Å²) in [5, 5.41) is 37.2. The largest absolute Gasteiger partial charge is 0.373 e. The van der Waals surface area contributed by atoms with Gasteiger partial charge in [0.05, 0.1) is 32.2 Å². The molecule has 4 aromatic rings. The molecule has 0 radical (unpaired) electrons. The number of halogens is 2. The molecule has 41 heavy (non-hydrogen) atoms. The van der Waals surface area contributed by atoms with Crippen LogP contribution in [0.2, 0.25) is 5.02 Å². The highest BCUT2D eigenvalue weighted by Crippen LogP contribution is 2.41. The first-order valence-corrected chi connectivity index (χ1v) is 15.4. The van der Waals surface area contributed by atoms with Crippen LogP contribution in [-0.2, 0) is 13.1 Å². The molecule has 1 saturated heterocycles. The Kier molecular flexibility index (Phi) is 8.00. The van der Waals surface area contributed by atoms with E-state index >= 15 is 0 Å². The van der Waals surface area contributed by atoms with Crippen molar-refractivity contribution in [3.63, 3.8) is 0 Å². The average molecular weight is 612 g/mol. The second kappa shape index (κ2) is 11.5. The minimum Gasteiger partial charge on any atom is -0.373 e. The molecular formula is C30H32Cl2N6O2S. The van der Waals surface area contributed by atoms with Crippen molar-refractivity contribution >= 4 is 55.7 Å². The molecule has 8 nitrogen and oxygen atoms in total. The predicted octanol–water partition coefficient (Wildman–Crippen LogP) is 5.67. The lowest BCUT2D eigenvalue weighted by molar-refractivity contribution is -0.161. The Bertz CT molecular complexity index is 1650. The molecule has 2 unspecified atom stereocenters. The third kappa shape index (κ3) is 5.35. The highest BCUT2D eigenvalue weighted by atomic mass is 35.5. The zero-order chi connectivity index (χ0) is 28.7. The molecule has 3 aromatic heterocycles. The van der Waals surface area contributed by atoms with E-state index in [-0.39, 0.29) is 5.03 Å². The van der Waals surface area contributed by atoms with Gasteiger partial charge in [-0.25, -0.2) is 4.90 Å². The van der Waals surface area contributed by atoms with Crippen molar-refractivity contribution in [2.24, 2.45) is 5.41 Å². The SMILES string of the molecule is CCCN1C=C(Cl)C(O)N(Cc2cc3nccc(-c4cc(Cl)cc5ccn(CC6(C#N)CCNCC6)c45)c3s2)C1O. The number of aliphatic hydroxyl groups excluding tert-OH is 2. The number of rotatable bonds is 7. The van der Waals surface area contributed by atoms with E-state index in [1.165, 1.54) is 0 Å². The number of aromatic nitrogens is 2. The maximum atomic E-state index is 11.0. The van der Waals surface area contributed by atoms with E-state index in [1.807, 2.05) is 31.2 Å². The van der Waals surface area contributed by atoms with Crippen molar-refractivity contribution in [1.29, 1.82) is 5.26 Å². The molecule has 0 saturated carbocycles. The lowest BCUT2D eigenvalue weighted by atomic mass is 9.80. The predicted molar refractivity (Wildman–Crippen MR) is 164 cm³/mol. The number of nitrogens with one attached hydrogen (secondary N) is 1. The van der Waals surface area contributed by atoms with Gasteiger partial charge in [0.1, 0.15) is 6.23 Å². The number of nitriles is 1. The number of nitrogens with zero attached hydrogens (tertiary/aromatic N) is 5. The zero-order valence-corrected chi connectivity index (χ0v) is 25.1. The second-order valence-electron chi connectivity index (χ2n) is 10.9. The maximum absolute atomic E-state index is 11.0. The van der Waals surface area contributed by atoms with Crippen LogP contribution in [0.25, 0.3) is 32.2 Å². The van der Waals surface area contributed by atoms with Crippen molar-refractivity contribution in [2.75, 3.05) is 19.6 Å². The Hall–Kier alpha value is -2.68. The molecule has 0 amide bonds. The third-order valence-corrected chi connectivity index (χ3v) is 9.77. The summed E-state index contributed by atoms with van der Waals surface area (Å²) in [7, 11) is 0. The van der Waals surface area contributed by atoms with Crippen molar-refractivity contribution in [1.82, 2.24) is 24.7 Å². The monoisotopic (exact) mass is 610 g/mol. The van der Waals surface area contributed by atoms with Crippen LogP contribution in [0.1, 0.15) is 31.1 Å². The first-order chi connectivity index (χ1) is 19.8. The molecule has 0 bridgehead atoms. The summed E-state index contributed by atoms with van der Waals surface area (Å²) in [6.45, 7) is 5.23. The van der Waals surface area contributed by atoms with Gasteiger partial charge in [0.2, 0.25) is 0 Å². The summed E-state index contributed by atoms with van der Waals surface area (Å²) in [6, 6.07) is 12.6. The molecule has 2 aliphatic heterocycles. The fraction of sp³-hybridized carbons (Fsp3) is 0.400. The third-order valence-electron chi connectivity index (χ3n) is 8.11. The van der Waals surface area contributed by atoms with Gasteiger partial charge in [-0.2, -0.15) is 5.26 Å². The fourth-order valence-corrected chi connectivity index (χ4v) is 7.65. The number of piperidine rings is 1. The molecule has 2 aliphatic rings. The molecule has 0 spiro atoms. The molecule has 0 aliphatic carbocycles. The van der Waals surface area contributed by atoms with Gasteiger partial charge in [0.25, 0.3) is 0 Å². The first kappa shape index (κ1) is 28.4. The van der Waals surface area contributed by atoms with Crippen molar-refractivity contribution in [3.8, 4) is 17.2 Å². The van der Waals surface area contributed by atoms with E-state index < -0.39 is 18.0 Å². The Labute approximate surface area is 253 Å². The molecule has 1 aromatic carbocycles. The summed E-state index contributed by atoms with van der Waals surface area (Å²) in [4.78, 5) is 8.89. The van der Waals surface area contributed by atoms with Gasteiger partial charge in [0.15, 0.2) is 6.35 Å². The number of hydrogen-bond donors (Lipinski definition) is 3. The Morgan fingerprint density at radius 3 is 2.73 bits per heavy atom. The lowest BCUT2D eigenvalue weighted by Gasteiger charge is -2.41. The smallest absolute Gasteiger partial charge is 0.188 e. The highest BCUT2D eigenvalue weighted by molar-refractivity contribution is 7.19. The van der Waals surface area contributed by atoms with Crippen LogP contribution in [0.4, 0.5) is 0 Å². The van der Waals surface area contributed by atoms with E-state index in [0.29, 0.717) is 24.7 Å². The van der Waals surface area contributed by atoms with Crippen LogP contribution in [0.5, 0.6) is 0 Å². The van der Waals surface area contributed by atoms with Crippen LogP contribution in [-0.4, -0.2) is 61.8 Å². The zero-order valence-electron chi connectivity index (χ0n) is 22.7. The van der Waals surface area contributed by atoms with Gasteiger partial charge in [-0.3, -0.25) is 4.98 Å². The molecule has 5 heterocycles. The number of fused-ring (bicyclic) bond motifs is 2. The molecule has 214 valence electrons.